The molecule has 0 amide bonds. The van der Waals surface area contributed by atoms with Gasteiger partial charge in [-0.2, -0.15) is 0 Å². The zero-order valence-electron chi connectivity index (χ0n) is 9.69. The minimum atomic E-state index is 0.488. The molecule has 5 heteroatoms. The lowest BCUT2D eigenvalue weighted by Gasteiger charge is -2.20. The second kappa shape index (κ2) is 5.87. The molecule has 0 saturated heterocycles. The van der Waals surface area contributed by atoms with Crippen molar-refractivity contribution in [3.05, 3.63) is 49.6 Å². The van der Waals surface area contributed by atoms with E-state index in [9.17, 15) is 4.79 Å². The van der Waals surface area contributed by atoms with Gasteiger partial charge in [0.1, 0.15) is 0 Å². The molecule has 2 rings (SSSR count). The third-order valence-electron chi connectivity index (χ3n) is 2.57. The largest absolute Gasteiger partial charge is 0.369 e. The molecule has 0 aliphatic rings. The van der Waals surface area contributed by atoms with Gasteiger partial charge < -0.3 is 4.90 Å². The fourth-order valence-electron chi connectivity index (χ4n) is 1.73. The molecule has 2 nitrogen and oxygen atoms in total. The Morgan fingerprint density at radius 1 is 1.50 bits per heavy atom. The van der Waals surface area contributed by atoms with Gasteiger partial charge in [0.05, 0.1) is 17.1 Å². The first kappa shape index (κ1) is 13.6. The molecule has 1 aromatic heterocycles. The summed E-state index contributed by atoms with van der Waals surface area (Å²) >= 11 is 11.1. The molecule has 0 saturated carbocycles. The van der Waals surface area contributed by atoms with Crippen molar-refractivity contribution < 1.29 is 4.79 Å². The smallest absolute Gasteiger partial charge is 0.153 e. The number of nitrogens with zero attached hydrogens (tertiary/aromatic N) is 1. The molecule has 0 fully saturated rings. The monoisotopic (exact) mass is 343 g/mol. The van der Waals surface area contributed by atoms with Crippen LogP contribution in [0.3, 0.4) is 0 Å². The van der Waals surface area contributed by atoms with E-state index in [0.717, 1.165) is 23.0 Å². The minimum Gasteiger partial charge on any atom is -0.369 e. The summed E-state index contributed by atoms with van der Waals surface area (Å²) in [5, 5.41) is 2.53. The first-order chi connectivity index (χ1) is 8.61. The zero-order valence-corrected chi connectivity index (χ0v) is 12.8. The van der Waals surface area contributed by atoms with Gasteiger partial charge in [-0.15, -0.1) is 11.3 Å². The van der Waals surface area contributed by atoms with Gasteiger partial charge in [-0.25, -0.2) is 0 Å². The molecular weight excluding hydrogens is 334 g/mol. The normalized spacial score (nSPS) is 10.4. The van der Waals surface area contributed by atoms with E-state index < -0.39 is 0 Å². The van der Waals surface area contributed by atoms with Crippen LogP contribution in [-0.2, 0) is 6.54 Å². The van der Waals surface area contributed by atoms with E-state index in [1.165, 1.54) is 4.88 Å². The molecule has 0 radical (unpaired) electrons. The molecule has 0 aliphatic carbocycles. The van der Waals surface area contributed by atoms with E-state index in [2.05, 4.69) is 22.0 Å². The number of anilines is 1. The summed E-state index contributed by atoms with van der Waals surface area (Å²) in [4.78, 5) is 14.3. The number of hydrogen-bond acceptors (Lipinski definition) is 3. The maximum atomic E-state index is 11.1. The van der Waals surface area contributed by atoms with Crippen molar-refractivity contribution >= 4 is 50.8 Å². The Bertz CT molecular complexity index is 570. The number of carbonyl (C=O) groups excluding carboxylic acids is 1. The molecule has 1 aromatic carbocycles. The number of aldehydes is 1. The molecule has 0 aliphatic heterocycles. The molecule has 0 spiro atoms. The maximum Gasteiger partial charge on any atom is 0.153 e. The van der Waals surface area contributed by atoms with Gasteiger partial charge in [0.2, 0.25) is 0 Å². The summed E-state index contributed by atoms with van der Waals surface area (Å²) in [6, 6.07) is 7.56. The van der Waals surface area contributed by atoms with E-state index in [1.807, 2.05) is 29.5 Å². The van der Waals surface area contributed by atoms with Crippen molar-refractivity contribution in [1.82, 2.24) is 0 Å². The molecule has 0 bridgehead atoms. The van der Waals surface area contributed by atoms with Crippen molar-refractivity contribution in [2.45, 2.75) is 6.54 Å². The van der Waals surface area contributed by atoms with E-state index in [0.29, 0.717) is 10.6 Å². The van der Waals surface area contributed by atoms with Gasteiger partial charge in [-0.3, -0.25) is 4.79 Å². The third kappa shape index (κ3) is 2.94. The van der Waals surface area contributed by atoms with Crippen LogP contribution in [0.1, 0.15) is 15.2 Å². The first-order valence-corrected chi connectivity index (χ1v) is 7.34. The van der Waals surface area contributed by atoms with Crippen LogP contribution in [0.2, 0.25) is 5.02 Å². The summed E-state index contributed by atoms with van der Waals surface area (Å²) in [7, 11) is 1.95. The van der Waals surface area contributed by atoms with Crippen LogP contribution < -0.4 is 4.90 Å². The van der Waals surface area contributed by atoms with Gasteiger partial charge in [0.15, 0.2) is 6.29 Å². The summed E-state index contributed by atoms with van der Waals surface area (Å²) in [6.07, 6.45) is 0.804. The Balaban J connectivity index is 2.26. The van der Waals surface area contributed by atoms with Crippen molar-refractivity contribution in [2.75, 3.05) is 11.9 Å². The van der Waals surface area contributed by atoms with Gasteiger partial charge >= 0.3 is 0 Å². The van der Waals surface area contributed by atoms with E-state index in [1.54, 1.807) is 17.4 Å². The number of halogens is 2. The highest BCUT2D eigenvalue weighted by Gasteiger charge is 2.11. The molecule has 1 heterocycles. The number of rotatable bonds is 4. The lowest BCUT2D eigenvalue weighted by molar-refractivity contribution is 0.112. The minimum absolute atomic E-state index is 0.488. The van der Waals surface area contributed by atoms with Crippen molar-refractivity contribution in [1.29, 1.82) is 0 Å². The Kier molecular flexibility index (Phi) is 4.43. The molecule has 0 unspecified atom stereocenters. The Labute approximate surface area is 123 Å². The fraction of sp³-hybridized carbons (Fsp3) is 0.154. The topological polar surface area (TPSA) is 20.3 Å². The number of carbonyl (C=O) groups is 1. The van der Waals surface area contributed by atoms with Crippen LogP contribution in [0, 0.1) is 0 Å². The average molecular weight is 345 g/mol. The average Bonchev–Trinajstić information content (AvgIpc) is 2.74. The summed E-state index contributed by atoms with van der Waals surface area (Å²) in [5.74, 6) is 0. The second-order valence-corrected chi connectivity index (χ2v) is 6.20. The van der Waals surface area contributed by atoms with E-state index in [-0.39, 0.29) is 0 Å². The van der Waals surface area contributed by atoms with Crippen LogP contribution in [-0.4, -0.2) is 13.3 Å². The quantitative estimate of drug-likeness (QED) is 0.755. The number of thiophene rings is 1. The van der Waals surface area contributed by atoms with Crippen LogP contribution in [0.25, 0.3) is 0 Å². The van der Waals surface area contributed by atoms with Gasteiger partial charge in [-0.05, 0) is 34.1 Å². The third-order valence-corrected chi connectivity index (χ3v) is 4.59. The lowest BCUT2D eigenvalue weighted by atomic mass is 10.2. The SMILES string of the molecule is CN(Cc1cc(Br)cs1)c1cccc(Cl)c1C=O. The highest BCUT2D eigenvalue weighted by atomic mass is 79.9. The standard InChI is InChI=1S/C13H11BrClNOS/c1-16(6-10-5-9(14)8-18-10)13-4-2-3-12(15)11(13)7-17/h2-5,7-8H,6H2,1H3. The van der Waals surface area contributed by atoms with Gasteiger partial charge in [0.25, 0.3) is 0 Å². The zero-order chi connectivity index (χ0) is 13.1. The second-order valence-electron chi connectivity index (χ2n) is 3.88. The number of benzene rings is 1. The molecule has 0 N–H and O–H groups in total. The molecule has 2 aromatic rings. The maximum absolute atomic E-state index is 11.1. The van der Waals surface area contributed by atoms with E-state index in [4.69, 9.17) is 11.6 Å². The molecule has 18 heavy (non-hydrogen) atoms. The Morgan fingerprint density at radius 3 is 2.89 bits per heavy atom. The van der Waals surface area contributed by atoms with Crippen LogP contribution in [0.4, 0.5) is 5.69 Å². The highest BCUT2D eigenvalue weighted by Crippen LogP contribution is 2.28. The molecule has 0 atom stereocenters. The molecule has 94 valence electrons. The summed E-state index contributed by atoms with van der Waals surface area (Å²) in [6.45, 7) is 0.747. The number of hydrogen-bond donors (Lipinski definition) is 0. The van der Waals surface area contributed by atoms with Crippen molar-refractivity contribution in [2.24, 2.45) is 0 Å². The summed E-state index contributed by atoms with van der Waals surface area (Å²) in [5.41, 5.74) is 1.39. The van der Waals surface area contributed by atoms with Crippen LogP contribution in [0.15, 0.2) is 34.1 Å². The molecular formula is C13H11BrClNOS. The van der Waals surface area contributed by atoms with Crippen LogP contribution in [0.5, 0.6) is 0 Å². The van der Waals surface area contributed by atoms with Crippen molar-refractivity contribution in [3.8, 4) is 0 Å². The predicted octanol–water partition coefficient (Wildman–Crippen LogP) is 4.61. The Hall–Kier alpha value is -0.840. The van der Waals surface area contributed by atoms with Gasteiger partial charge in [-0.1, -0.05) is 17.7 Å². The van der Waals surface area contributed by atoms with Crippen LogP contribution >= 0.6 is 38.9 Å². The fourth-order valence-corrected chi connectivity index (χ4v) is 3.45. The Morgan fingerprint density at radius 2 is 2.28 bits per heavy atom. The summed E-state index contributed by atoms with van der Waals surface area (Å²) < 4.78 is 1.08. The lowest BCUT2D eigenvalue weighted by Crippen LogP contribution is -2.17. The highest BCUT2D eigenvalue weighted by molar-refractivity contribution is 9.10. The van der Waals surface area contributed by atoms with E-state index >= 15 is 0 Å². The van der Waals surface area contributed by atoms with Crippen molar-refractivity contribution in [3.63, 3.8) is 0 Å². The first-order valence-electron chi connectivity index (χ1n) is 5.29. The predicted molar refractivity (Wildman–Crippen MR) is 81.0 cm³/mol. The van der Waals surface area contributed by atoms with Gasteiger partial charge in [0, 0.05) is 27.5 Å².